The van der Waals surface area contributed by atoms with Gasteiger partial charge in [0.25, 0.3) is 0 Å². The number of nitrogens with one attached hydrogen (secondary N) is 4. The Hall–Kier alpha value is -5.38. The number of fused-ring (bicyclic) bond motifs is 8. The predicted molar refractivity (Wildman–Crippen MR) is 217 cm³/mol. The summed E-state index contributed by atoms with van der Waals surface area (Å²) in [7, 11) is 1.28. The van der Waals surface area contributed by atoms with Crippen LogP contribution in [-0.2, 0) is 25.5 Å². The largest absolute Gasteiger partial charge is 0.465 e. The van der Waals surface area contributed by atoms with Gasteiger partial charge in [0.1, 0.15) is 12.2 Å². The number of ether oxygens (including phenoxy) is 2. The number of rotatable bonds is 13. The molecule has 10 heteroatoms. The highest BCUT2D eigenvalue weighted by Crippen LogP contribution is 2.46. The third kappa shape index (κ3) is 7.39. The van der Waals surface area contributed by atoms with E-state index >= 15 is 0 Å². The lowest BCUT2D eigenvalue weighted by Gasteiger charge is -2.23. The van der Waals surface area contributed by atoms with E-state index in [4.69, 9.17) is 9.47 Å². The van der Waals surface area contributed by atoms with Crippen molar-refractivity contribution in [2.45, 2.75) is 93.0 Å². The van der Waals surface area contributed by atoms with Crippen molar-refractivity contribution in [1.29, 1.82) is 0 Å². The molecule has 3 aliphatic rings. The summed E-state index contributed by atoms with van der Waals surface area (Å²) in [4.78, 5) is 64.0. The molecule has 10 nitrogen and oxygen atoms in total. The van der Waals surface area contributed by atoms with Gasteiger partial charge in [-0.3, -0.25) is 14.4 Å². The van der Waals surface area contributed by atoms with Gasteiger partial charge in [-0.25, -0.2) is 4.79 Å². The Kier molecular flexibility index (Phi) is 11.5. The van der Waals surface area contributed by atoms with Gasteiger partial charge < -0.3 is 29.7 Å². The van der Waals surface area contributed by atoms with Gasteiger partial charge >= 0.3 is 11.9 Å². The van der Waals surface area contributed by atoms with E-state index < -0.39 is 17.8 Å². The van der Waals surface area contributed by atoms with Crippen LogP contribution < -0.4 is 16.0 Å². The van der Waals surface area contributed by atoms with Crippen LogP contribution in [0.1, 0.15) is 132 Å². The molecular formula is C45H54N4O6. The number of esters is 2. The number of aldehydes is 1. The van der Waals surface area contributed by atoms with Crippen molar-refractivity contribution >= 4 is 53.9 Å². The number of hydrogen-bond donors (Lipinski definition) is 4. The topological polar surface area (TPSA) is 146 Å². The molecule has 0 spiro atoms. The van der Waals surface area contributed by atoms with Crippen molar-refractivity contribution in [2.75, 3.05) is 13.7 Å². The summed E-state index contributed by atoms with van der Waals surface area (Å²) < 4.78 is 10.9. The number of aromatic nitrogens is 3. The lowest BCUT2D eigenvalue weighted by molar-refractivity contribution is -0.142. The first kappa shape index (κ1) is 39.3. The number of allylic oxidation sites excluding steroid dienone is 2. The van der Waals surface area contributed by atoms with Gasteiger partial charge in [0.15, 0.2) is 6.29 Å². The number of ketones is 1. The molecular weight excluding hydrogens is 693 g/mol. The highest BCUT2D eigenvalue weighted by Gasteiger charge is 2.47. The molecule has 3 aromatic heterocycles. The van der Waals surface area contributed by atoms with E-state index in [1.54, 1.807) is 6.08 Å². The van der Waals surface area contributed by atoms with Crippen LogP contribution in [0, 0.1) is 31.6 Å². The highest BCUT2D eigenvalue weighted by atomic mass is 16.5. The predicted octanol–water partition coefficient (Wildman–Crippen LogP) is 6.76. The summed E-state index contributed by atoms with van der Waals surface area (Å²) in [5.74, 6) is -1.06. The molecule has 1 saturated heterocycles. The van der Waals surface area contributed by atoms with Crippen LogP contribution in [0.4, 0.5) is 0 Å². The van der Waals surface area contributed by atoms with E-state index in [1.165, 1.54) is 12.7 Å². The molecule has 1 aliphatic carbocycles. The first-order chi connectivity index (χ1) is 26.3. The normalized spacial score (nSPS) is 21.0. The van der Waals surface area contributed by atoms with Crippen LogP contribution in [0.3, 0.4) is 0 Å². The van der Waals surface area contributed by atoms with E-state index in [0.717, 1.165) is 64.7 Å². The number of Topliss-reactive ketones (excluding diaryl/α,β-unsaturated/α-hetero) is 1. The number of carbonyl (C=O) groups is 4. The Morgan fingerprint density at radius 2 is 1.71 bits per heavy atom. The summed E-state index contributed by atoms with van der Waals surface area (Å²) >= 11 is 0. The molecule has 1 unspecified atom stereocenters. The molecule has 3 atom stereocenters. The second kappa shape index (κ2) is 16.2. The van der Waals surface area contributed by atoms with E-state index in [0.29, 0.717) is 57.8 Å². The highest BCUT2D eigenvalue weighted by molar-refractivity contribution is 6.34. The van der Waals surface area contributed by atoms with Gasteiger partial charge in [-0.2, -0.15) is 0 Å². The lowest BCUT2D eigenvalue weighted by atomic mass is 9.82. The smallest absolute Gasteiger partial charge is 0.342 e. The maximum Gasteiger partial charge on any atom is 0.342 e. The summed E-state index contributed by atoms with van der Waals surface area (Å²) in [5.41, 5.74) is 9.88. The molecule has 6 rings (SSSR count). The molecule has 0 saturated carbocycles. The maximum absolute atomic E-state index is 14.3. The molecule has 0 aromatic carbocycles. The summed E-state index contributed by atoms with van der Waals surface area (Å²) in [5, 5.41) is 5.11. The van der Waals surface area contributed by atoms with E-state index in [9.17, 15) is 19.2 Å². The van der Waals surface area contributed by atoms with Crippen molar-refractivity contribution in [3.8, 4) is 0 Å². The quantitative estimate of drug-likeness (QED) is 0.0655. The number of hydrogen-bond acceptors (Lipinski definition) is 7. The van der Waals surface area contributed by atoms with Gasteiger partial charge in [-0.05, 0) is 99.3 Å². The fraction of sp³-hybridized carbons (Fsp3) is 0.422. The zero-order valence-electron chi connectivity index (χ0n) is 33.4. The summed E-state index contributed by atoms with van der Waals surface area (Å²) in [6.07, 6.45) is 15.0. The van der Waals surface area contributed by atoms with Crippen LogP contribution in [0.5, 0.6) is 0 Å². The van der Waals surface area contributed by atoms with Crippen LogP contribution in [0.2, 0.25) is 0 Å². The number of carbonyl (C=O) groups excluding carboxylic acids is 4. The van der Waals surface area contributed by atoms with Gasteiger partial charge in [-0.1, -0.05) is 52.3 Å². The number of H-pyrrole nitrogens is 3. The van der Waals surface area contributed by atoms with Gasteiger partial charge in [-0.15, -0.1) is 0 Å². The van der Waals surface area contributed by atoms with Crippen molar-refractivity contribution < 1.29 is 28.7 Å². The lowest BCUT2D eigenvalue weighted by Crippen LogP contribution is -2.31. The molecule has 0 amide bonds. The molecule has 8 bridgehead atoms. The SMILES string of the molecule is C=Cc1c2[nH]c(c1C)/C=C1\NC(C3=C(C(=O)OC)C(=O)c4c3[nH]c(c4C)/C=c3\[nH]/c(c(C=O)c3CC)=C\2)[C@@H](CCC(=O)OC/C=C(\C)CCCC(C)C)[C@@H]1C. The minimum absolute atomic E-state index is 0.0161. The fourth-order valence-corrected chi connectivity index (χ4v) is 8.54. The Labute approximate surface area is 322 Å². The Balaban J connectivity index is 1.47. The monoisotopic (exact) mass is 746 g/mol. The molecule has 5 heterocycles. The molecule has 3 aromatic rings. The van der Waals surface area contributed by atoms with Gasteiger partial charge in [0.2, 0.25) is 5.78 Å². The first-order valence-electron chi connectivity index (χ1n) is 19.5. The van der Waals surface area contributed by atoms with Crippen LogP contribution >= 0.6 is 0 Å². The van der Waals surface area contributed by atoms with E-state index in [-0.39, 0.29) is 36.4 Å². The maximum atomic E-state index is 14.3. The van der Waals surface area contributed by atoms with Crippen LogP contribution in [0.25, 0.3) is 29.9 Å². The van der Waals surface area contributed by atoms with Gasteiger partial charge in [0.05, 0.1) is 29.8 Å². The van der Waals surface area contributed by atoms with E-state index in [1.807, 2.05) is 39.0 Å². The first-order valence-corrected chi connectivity index (χ1v) is 19.5. The molecule has 290 valence electrons. The second-order valence-corrected chi connectivity index (χ2v) is 15.6. The molecule has 2 aliphatic heterocycles. The minimum atomic E-state index is -0.710. The standard InChI is InChI=1S/C45H54N4O6/c1-10-28-25(6)32-19-33-26(7)30(15-16-38(51)55-18-17-24(5)14-12-13-23(3)4)42(48-33)40-41(45(53)54-9)44(52)39-27(8)34(49-43(39)40)20-36-29(11-2)31(22-50)37(47-36)21-35(28)46-32/h10,17,19-23,26,30,42,46-49H,1,11-16,18H2,2-9H3/b24-17+,33-19-,36-20-,37-21-/t26-,30-,42?/m0/s1. The summed E-state index contributed by atoms with van der Waals surface area (Å²) in [6, 6.07) is -0.514. The van der Waals surface area contributed by atoms with E-state index in [2.05, 4.69) is 60.6 Å². The molecule has 55 heavy (non-hydrogen) atoms. The fourth-order valence-electron chi connectivity index (χ4n) is 8.54. The third-order valence-corrected chi connectivity index (χ3v) is 11.7. The number of methoxy groups -OCH3 is 1. The Morgan fingerprint density at radius 3 is 2.38 bits per heavy atom. The van der Waals surface area contributed by atoms with Crippen LogP contribution in [-0.4, -0.2) is 58.7 Å². The zero-order valence-corrected chi connectivity index (χ0v) is 33.4. The summed E-state index contributed by atoms with van der Waals surface area (Å²) in [6.45, 7) is 18.8. The molecule has 1 fully saturated rings. The minimum Gasteiger partial charge on any atom is -0.465 e. The van der Waals surface area contributed by atoms with Crippen molar-refractivity contribution in [1.82, 2.24) is 20.3 Å². The third-order valence-electron chi connectivity index (χ3n) is 11.7. The molecule has 0 radical (unpaired) electrons. The van der Waals surface area contributed by atoms with Crippen molar-refractivity contribution in [3.05, 3.63) is 96.4 Å². The van der Waals surface area contributed by atoms with Crippen LogP contribution in [0.15, 0.2) is 29.5 Å². The second-order valence-electron chi connectivity index (χ2n) is 15.6. The Bertz CT molecular complexity index is 2290. The number of aromatic amines is 3. The molecule has 4 N–H and O–H groups in total. The van der Waals surface area contributed by atoms with Crippen molar-refractivity contribution in [3.63, 3.8) is 0 Å². The average molecular weight is 747 g/mol. The van der Waals surface area contributed by atoms with Crippen molar-refractivity contribution in [2.24, 2.45) is 17.8 Å². The zero-order chi connectivity index (χ0) is 39.7. The Morgan fingerprint density at radius 1 is 0.982 bits per heavy atom. The average Bonchev–Trinajstić information content (AvgIpc) is 3.90. The van der Waals surface area contributed by atoms with Gasteiger partial charge in [0, 0.05) is 57.2 Å².